The summed E-state index contributed by atoms with van der Waals surface area (Å²) in [5, 5.41) is 0. The number of halogens is 2. The molecule has 1 saturated carbocycles. The number of hydrogen-bond donors (Lipinski definition) is 0. The summed E-state index contributed by atoms with van der Waals surface area (Å²) in [6.07, 6.45) is 16.3. The average Bonchev–Trinajstić information content (AvgIpc) is 2.80. The quantitative estimate of drug-likeness (QED) is 0.456. The maximum absolute atomic E-state index is 7.27. The summed E-state index contributed by atoms with van der Waals surface area (Å²) >= 11 is 2.03. The van der Waals surface area contributed by atoms with Crippen molar-refractivity contribution in [3.05, 3.63) is 44.9 Å². The Morgan fingerprint density at radius 1 is 1.06 bits per heavy atom. The molecule has 0 atom stereocenters. The Morgan fingerprint density at radius 2 is 1.56 bits per heavy atom. The van der Waals surface area contributed by atoms with Gasteiger partial charge in [-0.3, -0.25) is 6.08 Å². The van der Waals surface area contributed by atoms with E-state index in [1.807, 2.05) is 39.0 Å². The molecule has 0 aromatic carbocycles. The molecular weight excluding hydrogens is 317 g/mol. The summed E-state index contributed by atoms with van der Waals surface area (Å²) in [7, 11) is 1.86. The molecule has 0 aromatic heterocycles. The van der Waals surface area contributed by atoms with E-state index in [1.54, 1.807) is 0 Å². The van der Waals surface area contributed by atoms with E-state index in [0.717, 1.165) is 19.3 Å². The summed E-state index contributed by atoms with van der Waals surface area (Å²) in [4.78, 5) is 0. The van der Waals surface area contributed by atoms with Gasteiger partial charge in [0.1, 0.15) is 0 Å². The van der Waals surface area contributed by atoms with Crippen molar-refractivity contribution in [3.63, 3.8) is 0 Å². The van der Waals surface area contributed by atoms with Gasteiger partial charge in [-0.1, -0.05) is 32.1 Å². The molecule has 0 amide bonds. The number of allylic oxidation sites excluding steroid dienone is 4. The first-order valence-corrected chi connectivity index (χ1v) is 9.20. The first-order valence-electron chi connectivity index (χ1n) is 5.18. The number of hydrogen-bond acceptors (Lipinski definition) is 0. The average molecular weight is 344 g/mol. The number of nitrogens with one attached hydrogen (secondary N) is 1. The first kappa shape index (κ1) is 31.4. The van der Waals surface area contributed by atoms with Crippen molar-refractivity contribution in [1.29, 1.82) is 0 Å². The van der Waals surface area contributed by atoms with E-state index in [0.29, 0.717) is 0 Å². The van der Waals surface area contributed by atoms with E-state index in [9.17, 15) is 0 Å². The third-order valence-electron chi connectivity index (χ3n) is 2.19. The molecule has 1 fully saturated rings. The van der Waals surface area contributed by atoms with E-state index in [-0.39, 0.29) is 45.7 Å². The predicted octanol–water partition coefficient (Wildman–Crippen LogP) is 4.50. The predicted molar refractivity (Wildman–Crippen MR) is 88.6 cm³/mol. The molecule has 110 valence electrons. The van der Waals surface area contributed by atoms with E-state index in [2.05, 4.69) is 12.2 Å². The molecule has 1 nitrogen and oxygen atoms in total. The Labute approximate surface area is 140 Å². The third-order valence-corrected chi connectivity index (χ3v) is 2.19. The van der Waals surface area contributed by atoms with Crippen molar-refractivity contribution in [2.45, 2.75) is 44.6 Å². The fourth-order valence-electron chi connectivity index (χ4n) is 1.44. The van der Waals surface area contributed by atoms with Crippen molar-refractivity contribution < 1.29 is 19.2 Å². The second-order valence-electron chi connectivity index (χ2n) is 3.34. The maximum atomic E-state index is 7.27. The fourth-order valence-corrected chi connectivity index (χ4v) is 1.44. The molecule has 0 heterocycles. The van der Waals surface area contributed by atoms with Crippen LogP contribution >= 0.6 is 24.8 Å². The van der Waals surface area contributed by atoms with Crippen LogP contribution in [0.5, 0.6) is 0 Å². The molecule has 0 radical (unpaired) electrons. The van der Waals surface area contributed by atoms with Crippen molar-refractivity contribution in [2.75, 3.05) is 0 Å². The first-order chi connectivity index (χ1) is 6.89. The molecule has 0 bridgehead atoms. The van der Waals surface area contributed by atoms with Crippen molar-refractivity contribution in [3.8, 4) is 0 Å². The molecule has 0 aromatic rings. The SMILES string of the molecule is Cl.Cl.[C-]1=CC=CC1.[CH3-].[CH3-].[NH-]C1CCCCC1.[SiH2]=[Ti]. The van der Waals surface area contributed by atoms with Crippen LogP contribution in [-0.4, -0.2) is 13.7 Å². The third kappa shape index (κ3) is 22.2. The van der Waals surface area contributed by atoms with Gasteiger partial charge in [0.2, 0.25) is 0 Å². The van der Waals surface area contributed by atoms with E-state index in [4.69, 9.17) is 5.73 Å². The van der Waals surface area contributed by atoms with E-state index >= 15 is 0 Å². The van der Waals surface area contributed by atoms with Crippen LogP contribution in [0.2, 0.25) is 0 Å². The summed E-state index contributed by atoms with van der Waals surface area (Å²) in [6, 6.07) is 0.286. The van der Waals surface area contributed by atoms with Gasteiger partial charge in [-0.25, -0.2) is 12.2 Å². The summed E-state index contributed by atoms with van der Waals surface area (Å²) in [5.41, 5.74) is 7.27. The zero-order chi connectivity index (χ0) is 10.6. The fraction of sp³-hybridized carbons (Fsp3) is 0.538. The van der Waals surface area contributed by atoms with Crippen LogP contribution in [0.4, 0.5) is 0 Å². The molecule has 0 spiro atoms. The van der Waals surface area contributed by atoms with Gasteiger partial charge in [0.05, 0.1) is 0 Å². The molecule has 0 aliphatic heterocycles. The molecule has 2 aliphatic rings. The van der Waals surface area contributed by atoms with Gasteiger partial charge in [-0.2, -0.15) is 6.08 Å². The molecule has 1 N–H and O–H groups in total. The van der Waals surface area contributed by atoms with Crippen LogP contribution < -0.4 is 0 Å². The standard InChI is InChI=1S/C6H12N.C5H5.2CH3.2ClH.H2Si.Ti/c7-6-4-2-1-3-5-6;1-2-4-5-3-1;;;;;;/h6-7H,1-5H2;1-3H,4H2;2*1H3;2*1H;1H2;/q4*-1;;;;. The van der Waals surface area contributed by atoms with Gasteiger partial charge < -0.3 is 20.6 Å². The van der Waals surface area contributed by atoms with Crippen molar-refractivity contribution >= 4 is 32.4 Å². The van der Waals surface area contributed by atoms with Crippen LogP contribution in [0.15, 0.2) is 18.2 Å². The normalized spacial score (nSPS) is 14.9. The van der Waals surface area contributed by atoms with Gasteiger partial charge in [-0.05, 0) is 0 Å². The summed E-state index contributed by atoms with van der Waals surface area (Å²) < 4.78 is 0. The summed E-state index contributed by atoms with van der Waals surface area (Å²) in [5.74, 6) is 0. The zero-order valence-corrected chi connectivity index (χ0v) is 16.2. The zero-order valence-electron chi connectivity index (χ0n) is 11.6. The topological polar surface area (TPSA) is 23.8 Å². The van der Waals surface area contributed by atoms with Gasteiger partial charge >= 0.3 is 26.8 Å². The van der Waals surface area contributed by atoms with Crippen LogP contribution in [0, 0.1) is 20.9 Å². The Balaban J connectivity index is -0.0000000470. The van der Waals surface area contributed by atoms with Crippen LogP contribution in [-0.2, 0) is 19.2 Å². The van der Waals surface area contributed by atoms with Crippen molar-refractivity contribution in [1.82, 2.24) is 0 Å². The second-order valence-corrected chi connectivity index (χ2v) is 3.34. The Morgan fingerprint density at radius 3 is 1.72 bits per heavy atom. The minimum absolute atomic E-state index is 0. The second kappa shape index (κ2) is 26.5. The van der Waals surface area contributed by atoms with Gasteiger partial charge in [0, 0.05) is 0 Å². The molecular formula is C13H27Cl2NSiTi-4. The summed E-state index contributed by atoms with van der Waals surface area (Å²) in [6.45, 7) is 0. The monoisotopic (exact) mass is 343 g/mol. The Kier molecular flexibility index (Phi) is 46.2. The van der Waals surface area contributed by atoms with Crippen molar-refractivity contribution in [2.24, 2.45) is 0 Å². The van der Waals surface area contributed by atoms with E-state index in [1.165, 1.54) is 19.3 Å². The Hall–Kier alpha value is 0.951. The molecule has 5 heteroatoms. The molecule has 18 heavy (non-hydrogen) atoms. The van der Waals surface area contributed by atoms with Crippen LogP contribution in [0.3, 0.4) is 0 Å². The molecule has 0 saturated heterocycles. The van der Waals surface area contributed by atoms with Gasteiger partial charge in [0.15, 0.2) is 0 Å². The molecule has 2 rings (SSSR count). The minimum atomic E-state index is 0. The van der Waals surface area contributed by atoms with Crippen LogP contribution in [0.1, 0.15) is 38.5 Å². The molecule has 2 aliphatic carbocycles. The Bertz CT molecular complexity index is 174. The number of rotatable bonds is 0. The molecule has 0 unspecified atom stereocenters. The van der Waals surface area contributed by atoms with E-state index < -0.39 is 0 Å². The van der Waals surface area contributed by atoms with Gasteiger partial charge in [-0.15, -0.1) is 37.3 Å². The van der Waals surface area contributed by atoms with Crippen LogP contribution in [0.25, 0.3) is 5.73 Å². The van der Waals surface area contributed by atoms with Gasteiger partial charge in [0.25, 0.3) is 0 Å².